The molecule has 1 heterocycles. The Kier molecular flexibility index (Phi) is 4.94. The number of ketones is 1. The minimum absolute atomic E-state index is 0.0703. The van der Waals surface area contributed by atoms with E-state index in [2.05, 4.69) is 25.9 Å². The van der Waals surface area contributed by atoms with Gasteiger partial charge in [-0.05, 0) is 30.3 Å². The smallest absolute Gasteiger partial charge is 0.259 e. The Morgan fingerprint density at radius 1 is 1.04 bits per heavy atom. The maximum atomic E-state index is 12.9. The van der Waals surface area contributed by atoms with Crippen LogP contribution < -0.4 is 19.8 Å². The standard InChI is InChI=1S/C18H15BrN2O5/c1-24-13-6-9(7-14(25-2)16(13)26-3)15(22)17-20-12-5-4-10(19)8-11(12)18(23)21-17/h4-8H,1-3H3,(H,20,21,23). The maximum Gasteiger partial charge on any atom is 0.259 e. The molecule has 26 heavy (non-hydrogen) atoms. The summed E-state index contributed by atoms with van der Waals surface area (Å²) in [4.78, 5) is 31.9. The maximum absolute atomic E-state index is 12.9. The minimum Gasteiger partial charge on any atom is -0.493 e. The van der Waals surface area contributed by atoms with Crippen LogP contribution in [0.15, 0.2) is 39.6 Å². The second kappa shape index (κ2) is 7.17. The number of rotatable bonds is 5. The number of carbonyl (C=O) groups excluding carboxylic acids is 1. The Bertz CT molecular complexity index is 1040. The van der Waals surface area contributed by atoms with Gasteiger partial charge in [-0.1, -0.05) is 15.9 Å². The molecule has 0 radical (unpaired) electrons. The zero-order chi connectivity index (χ0) is 18.8. The highest BCUT2D eigenvalue weighted by Gasteiger charge is 2.20. The number of carbonyl (C=O) groups is 1. The van der Waals surface area contributed by atoms with Crippen LogP contribution in [0.25, 0.3) is 10.9 Å². The van der Waals surface area contributed by atoms with Crippen LogP contribution in [0.3, 0.4) is 0 Å². The third kappa shape index (κ3) is 3.15. The van der Waals surface area contributed by atoms with Gasteiger partial charge in [-0.2, -0.15) is 0 Å². The van der Waals surface area contributed by atoms with E-state index >= 15 is 0 Å². The summed E-state index contributed by atoms with van der Waals surface area (Å²) in [6, 6.07) is 8.09. The van der Waals surface area contributed by atoms with Gasteiger partial charge in [0, 0.05) is 10.0 Å². The van der Waals surface area contributed by atoms with Crippen molar-refractivity contribution < 1.29 is 19.0 Å². The van der Waals surface area contributed by atoms with E-state index in [-0.39, 0.29) is 11.4 Å². The van der Waals surface area contributed by atoms with E-state index in [1.807, 2.05) is 0 Å². The van der Waals surface area contributed by atoms with Gasteiger partial charge in [0.05, 0.1) is 32.2 Å². The van der Waals surface area contributed by atoms with E-state index in [1.54, 1.807) is 18.2 Å². The van der Waals surface area contributed by atoms with Crippen molar-refractivity contribution in [3.63, 3.8) is 0 Å². The summed E-state index contributed by atoms with van der Waals surface area (Å²) < 4.78 is 16.5. The second-order valence-corrected chi connectivity index (χ2v) is 6.23. The molecule has 2 aromatic carbocycles. The molecule has 7 nitrogen and oxygen atoms in total. The summed E-state index contributed by atoms with van der Waals surface area (Å²) in [5, 5.41) is 0.390. The second-order valence-electron chi connectivity index (χ2n) is 5.32. The van der Waals surface area contributed by atoms with Crippen molar-refractivity contribution in [2.75, 3.05) is 21.3 Å². The van der Waals surface area contributed by atoms with Gasteiger partial charge in [-0.25, -0.2) is 4.98 Å². The lowest BCUT2D eigenvalue weighted by molar-refractivity contribution is 0.102. The highest BCUT2D eigenvalue weighted by molar-refractivity contribution is 9.10. The molecule has 0 amide bonds. The summed E-state index contributed by atoms with van der Waals surface area (Å²) in [5.41, 5.74) is 0.277. The first-order valence-electron chi connectivity index (χ1n) is 7.52. The van der Waals surface area contributed by atoms with E-state index in [9.17, 15) is 9.59 Å². The van der Waals surface area contributed by atoms with Crippen molar-refractivity contribution >= 4 is 32.6 Å². The fourth-order valence-corrected chi connectivity index (χ4v) is 2.93. The SMILES string of the molecule is COc1cc(C(=O)c2nc3ccc(Br)cc3c(=O)[nH]2)cc(OC)c1OC. The van der Waals surface area contributed by atoms with E-state index in [1.165, 1.54) is 33.5 Å². The minimum atomic E-state index is -0.467. The van der Waals surface area contributed by atoms with E-state index < -0.39 is 11.3 Å². The summed E-state index contributed by atoms with van der Waals surface area (Å²) >= 11 is 3.31. The van der Waals surface area contributed by atoms with Crippen molar-refractivity contribution in [2.24, 2.45) is 0 Å². The molecule has 0 aliphatic heterocycles. The van der Waals surface area contributed by atoms with Crippen LogP contribution in [0.4, 0.5) is 0 Å². The third-order valence-corrected chi connectivity index (χ3v) is 4.30. The van der Waals surface area contributed by atoms with Gasteiger partial charge in [0.2, 0.25) is 11.5 Å². The molecule has 0 aliphatic carbocycles. The lowest BCUT2D eigenvalue weighted by atomic mass is 10.1. The molecule has 1 aromatic heterocycles. The van der Waals surface area contributed by atoms with Gasteiger partial charge in [0.25, 0.3) is 5.56 Å². The third-order valence-electron chi connectivity index (χ3n) is 3.81. The average molecular weight is 419 g/mol. The predicted molar refractivity (Wildman–Crippen MR) is 99.6 cm³/mol. The molecular formula is C18H15BrN2O5. The number of methoxy groups -OCH3 is 3. The number of fused-ring (bicyclic) bond motifs is 1. The largest absolute Gasteiger partial charge is 0.493 e. The molecule has 0 saturated carbocycles. The summed E-state index contributed by atoms with van der Waals surface area (Å²) in [6.07, 6.45) is 0. The fourth-order valence-electron chi connectivity index (χ4n) is 2.57. The van der Waals surface area contributed by atoms with E-state index in [0.29, 0.717) is 28.2 Å². The number of ether oxygens (including phenoxy) is 3. The Labute approximate surface area is 157 Å². The van der Waals surface area contributed by atoms with Gasteiger partial charge in [0.15, 0.2) is 17.3 Å². The number of aromatic amines is 1. The summed E-state index contributed by atoms with van der Waals surface area (Å²) in [7, 11) is 4.39. The van der Waals surface area contributed by atoms with Crippen molar-refractivity contribution in [1.82, 2.24) is 9.97 Å². The van der Waals surface area contributed by atoms with E-state index in [0.717, 1.165) is 4.47 Å². The molecule has 0 saturated heterocycles. The average Bonchev–Trinajstić information content (AvgIpc) is 2.66. The Morgan fingerprint density at radius 3 is 2.27 bits per heavy atom. The summed E-state index contributed by atoms with van der Waals surface area (Å²) in [5.74, 6) is 0.506. The van der Waals surface area contributed by atoms with Gasteiger partial charge in [-0.3, -0.25) is 9.59 Å². The Morgan fingerprint density at radius 2 is 1.69 bits per heavy atom. The van der Waals surface area contributed by atoms with Crippen LogP contribution in [0.5, 0.6) is 17.2 Å². The quantitative estimate of drug-likeness (QED) is 0.640. The number of hydrogen-bond acceptors (Lipinski definition) is 6. The summed E-state index contributed by atoms with van der Waals surface area (Å²) in [6.45, 7) is 0. The molecule has 3 aromatic rings. The van der Waals surface area contributed by atoms with Crippen LogP contribution in [-0.2, 0) is 0 Å². The molecule has 1 N–H and O–H groups in total. The number of nitrogens with zero attached hydrogens (tertiary/aromatic N) is 1. The van der Waals surface area contributed by atoms with Crippen molar-refractivity contribution in [3.05, 3.63) is 56.5 Å². The first-order valence-corrected chi connectivity index (χ1v) is 8.32. The lowest BCUT2D eigenvalue weighted by Crippen LogP contribution is -2.17. The molecule has 0 atom stereocenters. The van der Waals surface area contributed by atoms with Gasteiger partial charge < -0.3 is 19.2 Å². The van der Waals surface area contributed by atoms with Crippen LogP contribution in [0.2, 0.25) is 0 Å². The molecule has 0 unspecified atom stereocenters. The fraction of sp³-hybridized carbons (Fsp3) is 0.167. The van der Waals surface area contributed by atoms with Gasteiger partial charge in [-0.15, -0.1) is 0 Å². The normalized spacial score (nSPS) is 10.6. The zero-order valence-corrected chi connectivity index (χ0v) is 15.8. The molecular weight excluding hydrogens is 404 g/mol. The Hall–Kier alpha value is -2.87. The number of nitrogens with one attached hydrogen (secondary N) is 1. The lowest BCUT2D eigenvalue weighted by Gasteiger charge is -2.13. The van der Waals surface area contributed by atoms with Gasteiger partial charge >= 0.3 is 0 Å². The van der Waals surface area contributed by atoms with Gasteiger partial charge in [0.1, 0.15) is 0 Å². The van der Waals surface area contributed by atoms with Crippen molar-refractivity contribution in [3.8, 4) is 17.2 Å². The molecule has 134 valence electrons. The van der Waals surface area contributed by atoms with Crippen LogP contribution in [0.1, 0.15) is 16.2 Å². The van der Waals surface area contributed by atoms with Crippen LogP contribution >= 0.6 is 15.9 Å². The first kappa shape index (κ1) is 17.9. The molecule has 3 rings (SSSR count). The van der Waals surface area contributed by atoms with Crippen molar-refractivity contribution in [2.45, 2.75) is 0 Å². The molecule has 0 fully saturated rings. The molecule has 8 heteroatoms. The number of hydrogen-bond donors (Lipinski definition) is 1. The molecule has 0 aliphatic rings. The number of H-pyrrole nitrogens is 1. The van der Waals surface area contributed by atoms with Crippen LogP contribution in [0, 0.1) is 0 Å². The number of halogens is 1. The molecule has 0 bridgehead atoms. The van der Waals surface area contributed by atoms with Crippen LogP contribution in [-0.4, -0.2) is 37.1 Å². The predicted octanol–water partition coefficient (Wildman–Crippen LogP) is 2.94. The number of benzene rings is 2. The zero-order valence-electron chi connectivity index (χ0n) is 14.3. The highest BCUT2D eigenvalue weighted by Crippen LogP contribution is 2.38. The molecule has 0 spiro atoms. The number of aromatic nitrogens is 2. The van der Waals surface area contributed by atoms with E-state index in [4.69, 9.17) is 14.2 Å². The first-order chi connectivity index (χ1) is 12.5. The van der Waals surface area contributed by atoms with Crippen molar-refractivity contribution in [1.29, 1.82) is 0 Å². The Balaban J connectivity index is 2.14. The topological polar surface area (TPSA) is 90.5 Å². The monoisotopic (exact) mass is 418 g/mol. The highest BCUT2D eigenvalue weighted by atomic mass is 79.9.